The summed E-state index contributed by atoms with van der Waals surface area (Å²) in [6.45, 7) is 0.229. The molecular formula is C34H33F2N7O5S. The summed E-state index contributed by atoms with van der Waals surface area (Å²) in [5.74, 6) is -1.51. The Hall–Kier alpha value is -5.25. The van der Waals surface area contributed by atoms with Crippen LogP contribution in [0, 0.1) is 11.6 Å². The minimum absolute atomic E-state index is 0.0242. The van der Waals surface area contributed by atoms with Crippen molar-refractivity contribution in [1.82, 2.24) is 24.5 Å². The number of hydrogen-bond acceptors (Lipinski definition) is 8. The third-order valence-electron chi connectivity index (χ3n) is 8.07. The van der Waals surface area contributed by atoms with E-state index in [2.05, 4.69) is 20.6 Å². The van der Waals surface area contributed by atoms with Gasteiger partial charge in [-0.05, 0) is 74.5 Å². The summed E-state index contributed by atoms with van der Waals surface area (Å²) in [6.07, 6.45) is 1.91. The number of nitrogens with zero attached hydrogens (tertiary/aromatic N) is 5. The van der Waals surface area contributed by atoms with E-state index in [0.29, 0.717) is 40.5 Å². The summed E-state index contributed by atoms with van der Waals surface area (Å²) < 4.78 is 32.2. The molecule has 0 saturated carbocycles. The van der Waals surface area contributed by atoms with Crippen molar-refractivity contribution >= 4 is 45.0 Å². The average molecular weight is 690 g/mol. The number of anilines is 2. The summed E-state index contributed by atoms with van der Waals surface area (Å²) >= 11 is 1.15. The molecule has 2 N–H and O–H groups in total. The van der Waals surface area contributed by atoms with Gasteiger partial charge in [0.1, 0.15) is 28.1 Å². The first kappa shape index (κ1) is 33.6. The van der Waals surface area contributed by atoms with Crippen LogP contribution in [-0.4, -0.2) is 58.7 Å². The van der Waals surface area contributed by atoms with Gasteiger partial charge in [-0.25, -0.2) is 33.4 Å². The molecule has 5 aromatic rings. The monoisotopic (exact) mass is 689 g/mol. The van der Waals surface area contributed by atoms with Crippen LogP contribution in [0.1, 0.15) is 30.4 Å². The van der Waals surface area contributed by atoms with Gasteiger partial charge in [0.05, 0.1) is 19.0 Å². The quantitative estimate of drug-likeness (QED) is 0.212. The predicted molar refractivity (Wildman–Crippen MR) is 183 cm³/mol. The maximum absolute atomic E-state index is 15.0. The van der Waals surface area contributed by atoms with Gasteiger partial charge in [0.2, 0.25) is 5.91 Å². The number of aromatic nitrogens is 3. The van der Waals surface area contributed by atoms with E-state index in [-0.39, 0.29) is 34.0 Å². The molecule has 3 amide bonds. The highest BCUT2D eigenvalue weighted by molar-refractivity contribution is 7.22. The fourth-order valence-corrected chi connectivity index (χ4v) is 7.14. The van der Waals surface area contributed by atoms with Crippen molar-refractivity contribution in [3.05, 3.63) is 104 Å². The second-order valence-electron chi connectivity index (χ2n) is 11.7. The molecule has 1 saturated heterocycles. The number of piperidine rings is 1. The standard InChI is InChI=1S/C34H33F2N7O5S/c1-40(2)18-23-29-31(45)43(27-11-7-10-26(38-27)41-17-5-4-12-28(41)44)34(47)42(19-22-24(35)8-6-9-25(22)36)32(29)49-30(23)20-13-15-21(16-14-20)37-33(46)39-48-3/h6-11,13-16H,4-5,12,17-19H2,1-3H3,(H2,37,39,46). The van der Waals surface area contributed by atoms with Crippen molar-refractivity contribution < 1.29 is 23.2 Å². The summed E-state index contributed by atoms with van der Waals surface area (Å²) in [5.41, 5.74) is 2.08. The summed E-state index contributed by atoms with van der Waals surface area (Å²) in [4.78, 5) is 67.0. The van der Waals surface area contributed by atoms with Gasteiger partial charge in [0, 0.05) is 35.6 Å². The summed E-state index contributed by atoms with van der Waals surface area (Å²) in [5, 5.41) is 2.82. The lowest BCUT2D eigenvalue weighted by molar-refractivity contribution is -0.119. The van der Waals surface area contributed by atoms with E-state index in [4.69, 9.17) is 0 Å². The predicted octanol–water partition coefficient (Wildman–Crippen LogP) is 4.86. The van der Waals surface area contributed by atoms with Crippen molar-refractivity contribution in [2.75, 3.05) is 38.0 Å². The zero-order chi connectivity index (χ0) is 34.8. The van der Waals surface area contributed by atoms with E-state index in [0.717, 1.165) is 40.9 Å². The maximum Gasteiger partial charge on any atom is 0.343 e. The van der Waals surface area contributed by atoms with Crippen LogP contribution < -0.4 is 26.9 Å². The molecule has 2 aromatic carbocycles. The molecule has 254 valence electrons. The Labute approximate surface area is 283 Å². The van der Waals surface area contributed by atoms with Crippen LogP contribution in [0.15, 0.2) is 70.3 Å². The number of pyridine rings is 1. The van der Waals surface area contributed by atoms with Crippen molar-refractivity contribution in [2.24, 2.45) is 0 Å². The van der Waals surface area contributed by atoms with E-state index in [1.54, 1.807) is 36.4 Å². The van der Waals surface area contributed by atoms with Gasteiger partial charge in [0.15, 0.2) is 0 Å². The third-order valence-corrected chi connectivity index (χ3v) is 9.38. The van der Waals surface area contributed by atoms with Crippen LogP contribution in [0.2, 0.25) is 0 Å². The second kappa shape index (κ2) is 14.1. The first-order valence-corrected chi connectivity index (χ1v) is 16.3. The normalized spacial score (nSPS) is 13.3. The highest BCUT2D eigenvalue weighted by Gasteiger charge is 2.27. The smallest absolute Gasteiger partial charge is 0.306 e. The van der Waals surface area contributed by atoms with Gasteiger partial charge >= 0.3 is 11.7 Å². The molecular weight excluding hydrogens is 656 g/mol. The van der Waals surface area contributed by atoms with Crippen LogP contribution in [0.4, 0.5) is 25.1 Å². The molecule has 0 spiro atoms. The Bertz CT molecular complexity index is 2160. The Balaban J connectivity index is 1.60. The van der Waals surface area contributed by atoms with Gasteiger partial charge < -0.3 is 10.2 Å². The zero-order valence-electron chi connectivity index (χ0n) is 27.0. The number of amides is 3. The van der Waals surface area contributed by atoms with Crippen LogP contribution in [0.3, 0.4) is 0 Å². The van der Waals surface area contributed by atoms with E-state index in [9.17, 15) is 19.2 Å². The van der Waals surface area contributed by atoms with Crippen molar-refractivity contribution in [1.29, 1.82) is 0 Å². The number of hydrogen-bond donors (Lipinski definition) is 2. The zero-order valence-corrected chi connectivity index (χ0v) is 27.8. The Morgan fingerprint density at radius 1 is 0.959 bits per heavy atom. The van der Waals surface area contributed by atoms with E-state index in [1.807, 2.05) is 19.0 Å². The molecule has 49 heavy (non-hydrogen) atoms. The first-order chi connectivity index (χ1) is 23.6. The molecule has 1 fully saturated rings. The Morgan fingerprint density at radius 3 is 2.33 bits per heavy atom. The molecule has 0 atom stereocenters. The molecule has 6 rings (SSSR count). The number of nitrogens with one attached hydrogen (secondary N) is 2. The number of fused-ring (bicyclic) bond motifs is 1. The summed E-state index contributed by atoms with van der Waals surface area (Å²) in [7, 11) is 4.98. The van der Waals surface area contributed by atoms with Crippen molar-refractivity contribution in [2.45, 2.75) is 32.4 Å². The lowest BCUT2D eigenvalue weighted by Gasteiger charge is -2.26. The topological polar surface area (TPSA) is 131 Å². The van der Waals surface area contributed by atoms with Crippen molar-refractivity contribution in [3.8, 4) is 16.3 Å². The lowest BCUT2D eigenvalue weighted by Crippen LogP contribution is -2.40. The molecule has 0 unspecified atom stereocenters. The van der Waals surface area contributed by atoms with Crippen LogP contribution >= 0.6 is 11.3 Å². The molecule has 0 radical (unpaired) electrons. The number of thiophene rings is 1. The number of urea groups is 1. The number of carbonyl (C=O) groups is 2. The highest BCUT2D eigenvalue weighted by atomic mass is 32.1. The van der Waals surface area contributed by atoms with Crippen LogP contribution in [0.25, 0.3) is 26.5 Å². The third kappa shape index (κ3) is 6.72. The van der Waals surface area contributed by atoms with Gasteiger partial charge in [-0.2, -0.15) is 0 Å². The first-order valence-electron chi connectivity index (χ1n) is 15.4. The second-order valence-corrected chi connectivity index (χ2v) is 12.7. The summed E-state index contributed by atoms with van der Waals surface area (Å²) in [6, 6.07) is 14.5. The number of hydroxylamine groups is 1. The molecule has 1 aliphatic rings. The van der Waals surface area contributed by atoms with Gasteiger partial charge in [-0.1, -0.05) is 24.3 Å². The molecule has 0 aliphatic carbocycles. The maximum atomic E-state index is 15.0. The van der Waals surface area contributed by atoms with Crippen LogP contribution in [-0.2, 0) is 22.7 Å². The minimum atomic E-state index is -0.845. The Morgan fingerprint density at radius 2 is 1.65 bits per heavy atom. The average Bonchev–Trinajstić information content (AvgIpc) is 3.43. The number of benzene rings is 2. The molecule has 1 aliphatic heterocycles. The van der Waals surface area contributed by atoms with E-state index in [1.165, 1.54) is 28.7 Å². The van der Waals surface area contributed by atoms with E-state index < -0.39 is 35.5 Å². The Kier molecular flexibility index (Phi) is 9.67. The van der Waals surface area contributed by atoms with Crippen molar-refractivity contribution in [3.63, 3.8) is 0 Å². The van der Waals surface area contributed by atoms with Crippen LogP contribution in [0.5, 0.6) is 0 Å². The number of halogens is 2. The number of carbonyl (C=O) groups excluding carboxylic acids is 2. The molecule has 12 nitrogen and oxygen atoms in total. The number of rotatable bonds is 9. The highest BCUT2D eigenvalue weighted by Crippen LogP contribution is 2.38. The fourth-order valence-electron chi connectivity index (χ4n) is 5.84. The van der Waals surface area contributed by atoms with Gasteiger partial charge in [-0.15, -0.1) is 11.3 Å². The lowest BCUT2D eigenvalue weighted by atomic mass is 10.1. The molecule has 0 bridgehead atoms. The van der Waals surface area contributed by atoms with Gasteiger partial charge in [0.25, 0.3) is 5.56 Å². The van der Waals surface area contributed by atoms with E-state index >= 15 is 8.78 Å². The fraction of sp³-hybridized carbons (Fsp3) is 0.265. The molecule has 3 aromatic heterocycles. The minimum Gasteiger partial charge on any atom is -0.306 e. The molecule has 15 heteroatoms. The van der Waals surface area contributed by atoms with Gasteiger partial charge in [-0.3, -0.25) is 23.9 Å². The largest absolute Gasteiger partial charge is 0.343 e. The molecule has 4 heterocycles. The SMILES string of the molecule is CONC(=O)Nc1ccc(-c2sc3c(c2CN(C)C)c(=O)n(-c2cccc(N4CCCCC4=O)n2)c(=O)n3Cc2c(F)cccc2F)cc1.